The van der Waals surface area contributed by atoms with E-state index in [2.05, 4.69) is 17.3 Å². The van der Waals surface area contributed by atoms with Crippen LogP contribution in [0.25, 0.3) is 0 Å². The number of piperidine rings is 1. The minimum absolute atomic E-state index is 0.279. The lowest BCUT2D eigenvalue weighted by Crippen LogP contribution is -2.48. The summed E-state index contributed by atoms with van der Waals surface area (Å²) in [6.07, 6.45) is 3.50. The summed E-state index contributed by atoms with van der Waals surface area (Å²) < 4.78 is 1.79. The molecule has 2 N–H and O–H groups in total. The Morgan fingerprint density at radius 1 is 1.73 bits per heavy atom. The number of aryl methyl sites for hydroxylation is 1. The molecule has 0 amide bonds. The molecule has 2 rings (SSSR count). The predicted octanol–water partition coefficient (Wildman–Crippen LogP) is 0.627. The van der Waals surface area contributed by atoms with Crippen LogP contribution in [0.5, 0.6) is 0 Å². The zero-order valence-electron chi connectivity index (χ0n) is 9.40. The van der Waals surface area contributed by atoms with Gasteiger partial charge in [0.1, 0.15) is 5.60 Å². The minimum Gasteiger partial charge on any atom is -0.383 e. The Morgan fingerprint density at radius 2 is 2.53 bits per heavy atom. The molecule has 2 heterocycles. The topological polar surface area (TPSA) is 50.1 Å². The average molecular weight is 209 g/mol. The van der Waals surface area contributed by atoms with Crippen molar-refractivity contribution in [1.29, 1.82) is 0 Å². The highest BCUT2D eigenvalue weighted by Crippen LogP contribution is 2.36. The van der Waals surface area contributed by atoms with Crippen molar-refractivity contribution in [2.24, 2.45) is 13.0 Å². The van der Waals surface area contributed by atoms with Gasteiger partial charge in [0.05, 0.1) is 5.69 Å². The summed E-state index contributed by atoms with van der Waals surface area (Å²) in [6.45, 7) is 3.88. The molecule has 2 atom stereocenters. The van der Waals surface area contributed by atoms with E-state index in [1.54, 1.807) is 10.9 Å². The smallest absolute Gasteiger partial charge is 0.111 e. The van der Waals surface area contributed by atoms with Crippen LogP contribution in [0.2, 0.25) is 0 Å². The Bertz CT molecular complexity index is 336. The number of hydrogen-bond acceptors (Lipinski definition) is 3. The van der Waals surface area contributed by atoms with E-state index < -0.39 is 5.60 Å². The molecule has 1 fully saturated rings. The van der Waals surface area contributed by atoms with E-state index in [1.165, 1.54) is 0 Å². The molecule has 2 unspecified atom stereocenters. The Kier molecular flexibility index (Phi) is 2.80. The Labute approximate surface area is 90.3 Å². The summed E-state index contributed by atoms with van der Waals surface area (Å²) in [4.78, 5) is 0. The van der Waals surface area contributed by atoms with E-state index in [0.29, 0.717) is 0 Å². The zero-order chi connectivity index (χ0) is 10.9. The molecule has 1 aliphatic rings. The highest BCUT2D eigenvalue weighted by Gasteiger charge is 2.41. The fraction of sp³-hybridized carbons (Fsp3) is 0.727. The number of nitrogens with one attached hydrogen (secondary N) is 1. The molecular formula is C11H19N3O. The first-order valence-electron chi connectivity index (χ1n) is 5.60. The van der Waals surface area contributed by atoms with E-state index in [4.69, 9.17) is 0 Å². The third-order valence-corrected chi connectivity index (χ3v) is 3.51. The lowest BCUT2D eigenvalue weighted by Gasteiger charge is -2.40. The highest BCUT2D eigenvalue weighted by molar-refractivity contribution is 5.15. The molecule has 0 aliphatic carbocycles. The van der Waals surface area contributed by atoms with Gasteiger partial charge in [-0.1, -0.05) is 6.92 Å². The van der Waals surface area contributed by atoms with Gasteiger partial charge in [-0.2, -0.15) is 5.10 Å². The molecule has 1 aromatic rings. The maximum absolute atomic E-state index is 10.8. The molecule has 0 radical (unpaired) electrons. The predicted molar refractivity (Wildman–Crippen MR) is 58.4 cm³/mol. The third kappa shape index (κ3) is 1.68. The van der Waals surface area contributed by atoms with E-state index in [1.807, 2.05) is 13.1 Å². The van der Waals surface area contributed by atoms with Crippen LogP contribution in [0, 0.1) is 5.92 Å². The molecule has 4 heteroatoms. The van der Waals surface area contributed by atoms with Crippen LogP contribution in [-0.2, 0) is 12.6 Å². The van der Waals surface area contributed by atoms with E-state index in [-0.39, 0.29) is 5.92 Å². The molecule has 0 bridgehead atoms. The van der Waals surface area contributed by atoms with Crippen LogP contribution < -0.4 is 5.32 Å². The van der Waals surface area contributed by atoms with Crippen LogP contribution in [0.4, 0.5) is 0 Å². The average Bonchev–Trinajstić information content (AvgIpc) is 2.66. The van der Waals surface area contributed by atoms with E-state index >= 15 is 0 Å². The Hall–Kier alpha value is -0.870. The second-order valence-electron chi connectivity index (χ2n) is 4.32. The normalized spacial score (nSPS) is 31.8. The van der Waals surface area contributed by atoms with Crippen molar-refractivity contribution in [2.45, 2.75) is 25.4 Å². The van der Waals surface area contributed by atoms with Gasteiger partial charge in [-0.25, -0.2) is 0 Å². The van der Waals surface area contributed by atoms with E-state index in [9.17, 15) is 5.11 Å². The number of nitrogens with zero attached hydrogens (tertiary/aromatic N) is 2. The van der Waals surface area contributed by atoms with Crippen molar-refractivity contribution < 1.29 is 5.11 Å². The molecule has 84 valence electrons. The molecule has 0 saturated carbocycles. The molecule has 1 aliphatic heterocycles. The number of aromatic nitrogens is 2. The Morgan fingerprint density at radius 3 is 3.13 bits per heavy atom. The first-order valence-corrected chi connectivity index (χ1v) is 5.60. The maximum Gasteiger partial charge on any atom is 0.111 e. The van der Waals surface area contributed by atoms with Gasteiger partial charge in [0, 0.05) is 25.7 Å². The quantitative estimate of drug-likeness (QED) is 0.751. The van der Waals surface area contributed by atoms with Crippen LogP contribution in [0.1, 0.15) is 25.5 Å². The van der Waals surface area contributed by atoms with Crippen molar-refractivity contribution in [2.75, 3.05) is 13.1 Å². The van der Waals surface area contributed by atoms with Crippen molar-refractivity contribution in [1.82, 2.24) is 15.1 Å². The van der Waals surface area contributed by atoms with Gasteiger partial charge in [0.25, 0.3) is 0 Å². The SMILES string of the molecule is CCC1CNCCC1(O)c1ccnn1C. The van der Waals surface area contributed by atoms with Crippen LogP contribution in [0.15, 0.2) is 12.3 Å². The van der Waals surface area contributed by atoms with Crippen LogP contribution in [-0.4, -0.2) is 28.0 Å². The summed E-state index contributed by atoms with van der Waals surface area (Å²) >= 11 is 0. The number of aliphatic hydroxyl groups is 1. The molecule has 4 nitrogen and oxygen atoms in total. The fourth-order valence-corrected chi connectivity index (χ4v) is 2.55. The summed E-state index contributed by atoms with van der Waals surface area (Å²) in [6, 6.07) is 1.92. The lowest BCUT2D eigenvalue weighted by molar-refractivity contribution is -0.0542. The molecule has 15 heavy (non-hydrogen) atoms. The molecule has 0 spiro atoms. The third-order valence-electron chi connectivity index (χ3n) is 3.51. The van der Waals surface area contributed by atoms with Gasteiger partial charge in [-0.15, -0.1) is 0 Å². The second-order valence-corrected chi connectivity index (χ2v) is 4.32. The summed E-state index contributed by atoms with van der Waals surface area (Å²) in [7, 11) is 1.89. The van der Waals surface area contributed by atoms with Crippen molar-refractivity contribution in [3.63, 3.8) is 0 Å². The molecular weight excluding hydrogens is 190 g/mol. The van der Waals surface area contributed by atoms with Gasteiger partial charge in [0.15, 0.2) is 0 Å². The Balaban J connectivity index is 2.34. The lowest BCUT2D eigenvalue weighted by atomic mass is 9.78. The zero-order valence-corrected chi connectivity index (χ0v) is 9.40. The largest absolute Gasteiger partial charge is 0.383 e. The van der Waals surface area contributed by atoms with E-state index in [0.717, 1.165) is 31.6 Å². The number of hydrogen-bond donors (Lipinski definition) is 2. The second kappa shape index (κ2) is 3.94. The van der Waals surface area contributed by atoms with Crippen LogP contribution >= 0.6 is 0 Å². The van der Waals surface area contributed by atoms with Gasteiger partial charge < -0.3 is 10.4 Å². The van der Waals surface area contributed by atoms with Gasteiger partial charge in [-0.3, -0.25) is 4.68 Å². The first kappa shape index (κ1) is 10.6. The molecule has 1 saturated heterocycles. The summed E-state index contributed by atoms with van der Waals surface area (Å²) in [5, 5.41) is 18.2. The minimum atomic E-state index is -0.703. The van der Waals surface area contributed by atoms with Crippen molar-refractivity contribution in [3.8, 4) is 0 Å². The van der Waals surface area contributed by atoms with Gasteiger partial charge >= 0.3 is 0 Å². The standard InChI is InChI=1S/C11H19N3O/c1-3-9-8-12-7-5-11(9,15)10-4-6-13-14(10)2/h4,6,9,12,15H,3,5,7-8H2,1-2H3. The first-order chi connectivity index (χ1) is 7.18. The summed E-state index contributed by atoms with van der Waals surface area (Å²) in [5.41, 5.74) is 0.237. The molecule has 0 aromatic carbocycles. The van der Waals surface area contributed by atoms with Crippen molar-refractivity contribution in [3.05, 3.63) is 18.0 Å². The van der Waals surface area contributed by atoms with Gasteiger partial charge in [0.2, 0.25) is 0 Å². The molecule has 1 aromatic heterocycles. The van der Waals surface area contributed by atoms with Crippen molar-refractivity contribution >= 4 is 0 Å². The monoisotopic (exact) mass is 209 g/mol. The summed E-state index contributed by atoms with van der Waals surface area (Å²) in [5.74, 6) is 0.279. The van der Waals surface area contributed by atoms with Crippen LogP contribution in [0.3, 0.4) is 0 Å². The van der Waals surface area contributed by atoms with Gasteiger partial charge in [-0.05, 0) is 25.5 Å². The number of rotatable bonds is 2. The highest BCUT2D eigenvalue weighted by atomic mass is 16.3. The maximum atomic E-state index is 10.8. The fourth-order valence-electron chi connectivity index (χ4n) is 2.55.